The fraction of sp³-hybridized carbons (Fsp3) is 0.231. The van der Waals surface area contributed by atoms with Crippen LogP contribution < -0.4 is 20.3 Å². The first kappa shape index (κ1) is 21.7. The number of carbonyl (C=O) groups is 1. The second-order valence-corrected chi connectivity index (χ2v) is 9.54. The van der Waals surface area contributed by atoms with Gasteiger partial charge in [-0.1, -0.05) is 47.5 Å². The molecule has 0 saturated carbocycles. The SMILES string of the molecule is Cc1ccc2c(c1)[C@@H]1NC(=S)N(c3ccccc3C)[C@@](C)(O2)[C@@H]1C(=O)Nc1ccc(Cl)cc1. The average Bonchev–Trinajstić information content (AvgIpc) is 2.77. The molecule has 2 heterocycles. The third kappa shape index (κ3) is 3.63. The van der Waals surface area contributed by atoms with Gasteiger partial charge in [0.1, 0.15) is 11.7 Å². The lowest BCUT2D eigenvalue weighted by molar-refractivity contribution is -0.130. The van der Waals surface area contributed by atoms with E-state index in [4.69, 9.17) is 28.6 Å². The molecule has 2 aliphatic heterocycles. The van der Waals surface area contributed by atoms with Crippen LogP contribution in [0.4, 0.5) is 11.4 Å². The second-order valence-electron chi connectivity index (χ2n) is 8.72. The Morgan fingerprint density at radius 3 is 2.58 bits per heavy atom. The number of para-hydroxylation sites is 1. The number of ether oxygens (including phenoxy) is 1. The van der Waals surface area contributed by atoms with Crippen LogP contribution in [0.5, 0.6) is 5.75 Å². The number of aryl methyl sites for hydroxylation is 2. The zero-order valence-corrected chi connectivity index (χ0v) is 20.1. The van der Waals surface area contributed by atoms with E-state index in [1.165, 1.54) is 0 Å². The van der Waals surface area contributed by atoms with Crippen LogP contribution in [0.2, 0.25) is 5.02 Å². The Morgan fingerprint density at radius 2 is 1.85 bits per heavy atom. The fourth-order valence-electron chi connectivity index (χ4n) is 4.83. The zero-order chi connectivity index (χ0) is 23.3. The monoisotopic (exact) mass is 477 g/mol. The summed E-state index contributed by atoms with van der Waals surface area (Å²) >= 11 is 11.9. The third-order valence-corrected chi connectivity index (χ3v) is 6.96. The van der Waals surface area contributed by atoms with Crippen molar-refractivity contribution in [2.24, 2.45) is 5.92 Å². The summed E-state index contributed by atoms with van der Waals surface area (Å²) in [6.07, 6.45) is 0. The maximum Gasteiger partial charge on any atom is 0.236 e. The van der Waals surface area contributed by atoms with Gasteiger partial charge in [0, 0.05) is 22.0 Å². The molecule has 0 radical (unpaired) electrons. The summed E-state index contributed by atoms with van der Waals surface area (Å²) in [5, 5.41) is 7.64. The molecule has 0 aromatic heterocycles. The molecule has 1 fully saturated rings. The van der Waals surface area contributed by atoms with Crippen molar-refractivity contribution in [3.05, 3.63) is 88.4 Å². The highest BCUT2D eigenvalue weighted by Gasteiger charge is 2.59. The lowest BCUT2D eigenvalue weighted by Crippen LogP contribution is -2.72. The molecule has 0 aliphatic carbocycles. The molecule has 2 aliphatic rings. The Balaban J connectivity index is 1.64. The molecular weight excluding hydrogens is 454 g/mol. The summed E-state index contributed by atoms with van der Waals surface area (Å²) in [6.45, 7) is 5.99. The molecule has 168 valence electrons. The molecule has 0 unspecified atom stereocenters. The molecule has 3 aromatic rings. The van der Waals surface area contributed by atoms with E-state index in [0.29, 0.717) is 15.8 Å². The van der Waals surface area contributed by atoms with E-state index >= 15 is 0 Å². The van der Waals surface area contributed by atoms with Gasteiger partial charge in [-0.15, -0.1) is 0 Å². The number of amides is 1. The predicted octanol–water partition coefficient (Wildman–Crippen LogP) is 5.76. The van der Waals surface area contributed by atoms with E-state index in [1.54, 1.807) is 24.3 Å². The van der Waals surface area contributed by atoms with Gasteiger partial charge in [0.05, 0.1) is 6.04 Å². The largest absolute Gasteiger partial charge is 0.467 e. The van der Waals surface area contributed by atoms with Crippen LogP contribution in [-0.4, -0.2) is 16.7 Å². The zero-order valence-electron chi connectivity index (χ0n) is 18.6. The average molecular weight is 478 g/mol. The number of halogens is 1. The van der Waals surface area contributed by atoms with E-state index in [2.05, 4.69) is 16.7 Å². The number of nitrogens with zero attached hydrogens (tertiary/aromatic N) is 1. The summed E-state index contributed by atoms with van der Waals surface area (Å²) in [4.78, 5) is 15.7. The number of fused-ring (bicyclic) bond motifs is 4. The molecule has 2 N–H and O–H groups in total. The normalized spacial score (nSPS) is 23.3. The highest BCUT2D eigenvalue weighted by molar-refractivity contribution is 7.80. The quantitative estimate of drug-likeness (QED) is 0.470. The molecule has 3 atom stereocenters. The van der Waals surface area contributed by atoms with E-state index in [-0.39, 0.29) is 11.9 Å². The van der Waals surface area contributed by atoms with Gasteiger partial charge in [0.2, 0.25) is 5.91 Å². The van der Waals surface area contributed by atoms with Crippen molar-refractivity contribution < 1.29 is 9.53 Å². The molecular formula is C26H24ClN3O2S. The highest BCUT2D eigenvalue weighted by Crippen LogP contribution is 2.50. The smallest absolute Gasteiger partial charge is 0.236 e. The van der Waals surface area contributed by atoms with Crippen molar-refractivity contribution in [3.63, 3.8) is 0 Å². The van der Waals surface area contributed by atoms with Crippen LogP contribution in [0.25, 0.3) is 0 Å². The second kappa shape index (κ2) is 8.04. The standard InChI is InChI=1S/C26H24ClN3O2S/c1-15-8-13-21-19(14-15)23-22(24(31)28-18-11-9-17(27)10-12-18)26(3,32-21)30(25(33)29-23)20-7-5-4-6-16(20)2/h4-14,22-23H,1-3H3,(H,28,31)(H,29,33)/t22-,23-,26-/m0/s1. The van der Waals surface area contributed by atoms with Crippen LogP contribution in [-0.2, 0) is 4.79 Å². The van der Waals surface area contributed by atoms with Crippen LogP contribution in [0, 0.1) is 19.8 Å². The minimum Gasteiger partial charge on any atom is -0.467 e. The van der Waals surface area contributed by atoms with Gasteiger partial charge in [-0.2, -0.15) is 0 Å². The van der Waals surface area contributed by atoms with Crippen LogP contribution in [0.3, 0.4) is 0 Å². The van der Waals surface area contributed by atoms with Gasteiger partial charge in [-0.3, -0.25) is 9.69 Å². The van der Waals surface area contributed by atoms with E-state index < -0.39 is 11.6 Å². The van der Waals surface area contributed by atoms with E-state index in [1.807, 2.05) is 62.1 Å². The molecule has 1 saturated heterocycles. The van der Waals surface area contributed by atoms with Crippen molar-refractivity contribution in [3.8, 4) is 5.75 Å². The number of hydrogen-bond donors (Lipinski definition) is 2. The lowest BCUT2D eigenvalue weighted by Gasteiger charge is -2.56. The summed E-state index contributed by atoms with van der Waals surface area (Å²) in [5.41, 5.74) is 3.58. The molecule has 5 rings (SSSR count). The Hall–Kier alpha value is -3.09. The van der Waals surface area contributed by atoms with Crippen LogP contribution in [0.15, 0.2) is 66.7 Å². The van der Waals surface area contributed by atoms with Crippen LogP contribution in [0.1, 0.15) is 29.7 Å². The summed E-state index contributed by atoms with van der Waals surface area (Å²) in [6, 6.07) is 20.8. The topological polar surface area (TPSA) is 53.6 Å². The van der Waals surface area contributed by atoms with Gasteiger partial charge in [0.25, 0.3) is 0 Å². The van der Waals surface area contributed by atoms with Gasteiger partial charge in [-0.05, 0) is 75.0 Å². The van der Waals surface area contributed by atoms with Crippen molar-refractivity contribution in [1.29, 1.82) is 0 Å². The van der Waals surface area contributed by atoms with Gasteiger partial charge in [0.15, 0.2) is 10.8 Å². The number of anilines is 2. The number of hydrogen-bond acceptors (Lipinski definition) is 3. The first-order valence-electron chi connectivity index (χ1n) is 10.8. The summed E-state index contributed by atoms with van der Waals surface area (Å²) in [7, 11) is 0. The minimum absolute atomic E-state index is 0.162. The number of benzene rings is 3. The maximum atomic E-state index is 13.8. The van der Waals surface area contributed by atoms with E-state index in [9.17, 15) is 4.79 Å². The Bertz CT molecular complexity index is 1260. The van der Waals surface area contributed by atoms with Crippen molar-refractivity contribution in [1.82, 2.24) is 5.32 Å². The van der Waals surface area contributed by atoms with Crippen LogP contribution >= 0.6 is 23.8 Å². The summed E-state index contributed by atoms with van der Waals surface area (Å²) < 4.78 is 6.64. The molecule has 1 amide bonds. The maximum absolute atomic E-state index is 13.8. The van der Waals surface area contributed by atoms with Crippen molar-refractivity contribution in [2.45, 2.75) is 32.5 Å². The molecule has 3 aromatic carbocycles. The number of rotatable bonds is 3. The fourth-order valence-corrected chi connectivity index (χ4v) is 5.37. The molecule has 0 spiro atoms. The Morgan fingerprint density at radius 1 is 1.12 bits per heavy atom. The highest BCUT2D eigenvalue weighted by atomic mass is 35.5. The number of nitrogens with one attached hydrogen (secondary N) is 2. The lowest BCUT2D eigenvalue weighted by atomic mass is 9.78. The predicted molar refractivity (Wildman–Crippen MR) is 136 cm³/mol. The molecule has 5 nitrogen and oxygen atoms in total. The third-order valence-electron chi connectivity index (χ3n) is 6.40. The molecule has 7 heteroatoms. The van der Waals surface area contributed by atoms with Gasteiger partial charge in [-0.25, -0.2) is 0 Å². The van der Waals surface area contributed by atoms with Gasteiger partial charge >= 0.3 is 0 Å². The number of thiocarbonyl (C=S) groups is 1. The van der Waals surface area contributed by atoms with Crippen molar-refractivity contribution in [2.75, 3.05) is 10.2 Å². The Kier molecular flexibility index (Phi) is 5.30. The minimum atomic E-state index is -1.04. The first-order chi connectivity index (χ1) is 15.8. The van der Waals surface area contributed by atoms with Crippen molar-refractivity contribution >= 4 is 46.2 Å². The first-order valence-corrected chi connectivity index (χ1v) is 11.6. The summed E-state index contributed by atoms with van der Waals surface area (Å²) in [5.74, 6) is -0.00317. The Labute approximate surface area is 203 Å². The molecule has 2 bridgehead atoms. The number of carbonyl (C=O) groups excluding carboxylic acids is 1. The van der Waals surface area contributed by atoms with Gasteiger partial charge < -0.3 is 15.4 Å². The molecule has 33 heavy (non-hydrogen) atoms. The van der Waals surface area contributed by atoms with E-state index in [0.717, 1.165) is 28.1 Å².